The predicted molar refractivity (Wildman–Crippen MR) is 88.9 cm³/mol. The van der Waals surface area contributed by atoms with Crippen molar-refractivity contribution < 1.29 is 9.59 Å². The number of amides is 2. The Bertz CT molecular complexity index is 579. The van der Waals surface area contributed by atoms with E-state index in [1.54, 1.807) is 0 Å². The number of rotatable bonds is 2. The van der Waals surface area contributed by atoms with E-state index >= 15 is 0 Å². The van der Waals surface area contributed by atoms with Gasteiger partial charge in [-0.15, -0.1) is 0 Å². The molecule has 2 aliphatic rings. The highest BCUT2D eigenvalue weighted by Gasteiger charge is 2.48. The summed E-state index contributed by atoms with van der Waals surface area (Å²) in [5, 5.41) is 0. The Morgan fingerprint density at radius 3 is 2.35 bits per heavy atom. The molecule has 2 saturated heterocycles. The van der Waals surface area contributed by atoms with Crippen LogP contribution in [0.25, 0.3) is 0 Å². The Morgan fingerprint density at radius 2 is 1.74 bits per heavy atom. The highest BCUT2D eigenvalue weighted by molar-refractivity contribution is 5.94. The number of piperidine rings is 2. The second-order valence-corrected chi connectivity index (χ2v) is 6.91. The normalized spacial score (nSPS) is 24.6. The molecule has 3 rings (SSSR count). The van der Waals surface area contributed by atoms with E-state index in [4.69, 9.17) is 5.73 Å². The molecule has 0 aromatic heterocycles. The van der Waals surface area contributed by atoms with Gasteiger partial charge in [0.15, 0.2) is 0 Å². The molecule has 1 spiro atoms. The molecule has 1 atom stereocenters. The summed E-state index contributed by atoms with van der Waals surface area (Å²) >= 11 is 0. The summed E-state index contributed by atoms with van der Waals surface area (Å²) in [5.74, 6) is -0.143. The number of likely N-dealkylation sites (tertiary alicyclic amines) is 2. The van der Waals surface area contributed by atoms with Crippen molar-refractivity contribution in [1.29, 1.82) is 0 Å². The van der Waals surface area contributed by atoms with Gasteiger partial charge in [0.25, 0.3) is 5.91 Å². The van der Waals surface area contributed by atoms with Crippen LogP contribution < -0.4 is 5.73 Å². The summed E-state index contributed by atoms with van der Waals surface area (Å²) < 4.78 is 0. The molecule has 0 saturated carbocycles. The molecule has 1 aromatic rings. The zero-order valence-electron chi connectivity index (χ0n) is 13.7. The van der Waals surface area contributed by atoms with Crippen molar-refractivity contribution in [2.75, 3.05) is 26.7 Å². The quantitative estimate of drug-likeness (QED) is 0.899. The number of likely N-dealkylation sites (N-methyl/N-ethyl adjacent to an activating group) is 1. The van der Waals surface area contributed by atoms with Gasteiger partial charge in [-0.2, -0.15) is 0 Å². The maximum Gasteiger partial charge on any atom is 0.253 e. The van der Waals surface area contributed by atoms with E-state index in [0.717, 1.165) is 37.8 Å². The zero-order valence-corrected chi connectivity index (χ0v) is 13.7. The molecule has 0 radical (unpaired) electrons. The number of carbonyl (C=O) groups excluding carboxylic acids is 2. The maximum absolute atomic E-state index is 12.6. The summed E-state index contributed by atoms with van der Waals surface area (Å²) in [6.45, 7) is 2.32. The minimum absolute atomic E-state index is 0.0632. The molecule has 0 aliphatic carbocycles. The third-order valence-corrected chi connectivity index (χ3v) is 5.54. The maximum atomic E-state index is 12.6. The number of benzene rings is 1. The van der Waals surface area contributed by atoms with E-state index in [0.29, 0.717) is 13.1 Å². The highest BCUT2D eigenvalue weighted by atomic mass is 16.2. The molecule has 1 aromatic carbocycles. The van der Waals surface area contributed by atoms with Crippen molar-refractivity contribution in [2.24, 2.45) is 11.1 Å². The summed E-state index contributed by atoms with van der Waals surface area (Å²) in [5.41, 5.74) is 6.36. The first kappa shape index (κ1) is 16.0. The van der Waals surface area contributed by atoms with Crippen LogP contribution in [0.1, 0.15) is 36.0 Å². The van der Waals surface area contributed by atoms with Crippen molar-refractivity contribution in [3.63, 3.8) is 0 Å². The van der Waals surface area contributed by atoms with Crippen LogP contribution in [0.3, 0.4) is 0 Å². The first-order valence-corrected chi connectivity index (χ1v) is 8.37. The van der Waals surface area contributed by atoms with Gasteiger partial charge in [-0.3, -0.25) is 14.5 Å². The van der Waals surface area contributed by atoms with Gasteiger partial charge in [0, 0.05) is 18.7 Å². The summed E-state index contributed by atoms with van der Waals surface area (Å²) in [7, 11) is 1.98. The van der Waals surface area contributed by atoms with E-state index in [9.17, 15) is 9.59 Å². The number of hydrogen-bond acceptors (Lipinski definition) is 3. The smallest absolute Gasteiger partial charge is 0.253 e. The zero-order chi connectivity index (χ0) is 16.4. The minimum Gasteiger partial charge on any atom is -0.368 e. The number of hydrogen-bond donors (Lipinski definition) is 1. The van der Waals surface area contributed by atoms with E-state index < -0.39 is 0 Å². The van der Waals surface area contributed by atoms with Crippen LogP contribution in [0.4, 0.5) is 0 Å². The molecule has 2 fully saturated rings. The molecule has 2 heterocycles. The molecule has 0 bridgehead atoms. The van der Waals surface area contributed by atoms with Gasteiger partial charge in [-0.05, 0) is 56.8 Å². The molecule has 2 N–H and O–H groups in total. The molecule has 124 valence electrons. The predicted octanol–water partition coefficient (Wildman–Crippen LogP) is 1.49. The summed E-state index contributed by atoms with van der Waals surface area (Å²) in [4.78, 5) is 28.6. The van der Waals surface area contributed by atoms with Crippen molar-refractivity contribution in [2.45, 2.75) is 31.7 Å². The van der Waals surface area contributed by atoms with Crippen molar-refractivity contribution >= 4 is 11.8 Å². The lowest BCUT2D eigenvalue weighted by Crippen LogP contribution is -2.60. The van der Waals surface area contributed by atoms with Gasteiger partial charge in [0.05, 0.1) is 6.04 Å². The molecule has 1 unspecified atom stereocenters. The van der Waals surface area contributed by atoms with Gasteiger partial charge < -0.3 is 10.6 Å². The van der Waals surface area contributed by atoms with E-state index in [-0.39, 0.29) is 23.3 Å². The lowest BCUT2D eigenvalue weighted by molar-refractivity contribution is -0.132. The Morgan fingerprint density at radius 1 is 1.09 bits per heavy atom. The van der Waals surface area contributed by atoms with Crippen LogP contribution in [0.2, 0.25) is 0 Å². The summed E-state index contributed by atoms with van der Waals surface area (Å²) in [6.07, 6.45) is 3.82. The molecular weight excluding hydrogens is 290 g/mol. The van der Waals surface area contributed by atoms with Crippen molar-refractivity contribution in [3.8, 4) is 0 Å². The van der Waals surface area contributed by atoms with Crippen LogP contribution in [0.15, 0.2) is 30.3 Å². The van der Waals surface area contributed by atoms with Crippen LogP contribution >= 0.6 is 0 Å². The fourth-order valence-corrected chi connectivity index (χ4v) is 4.37. The van der Waals surface area contributed by atoms with Gasteiger partial charge in [0.2, 0.25) is 5.91 Å². The second kappa shape index (κ2) is 6.32. The molecule has 23 heavy (non-hydrogen) atoms. The SMILES string of the molecule is CN1CCCC2(CCN(C(=O)c3ccccc3)CC2)C1C(N)=O. The van der Waals surface area contributed by atoms with E-state index in [1.807, 2.05) is 42.3 Å². The lowest BCUT2D eigenvalue weighted by Gasteiger charge is -2.51. The van der Waals surface area contributed by atoms with Crippen LogP contribution in [0, 0.1) is 5.41 Å². The highest BCUT2D eigenvalue weighted by Crippen LogP contribution is 2.44. The second-order valence-electron chi connectivity index (χ2n) is 6.91. The van der Waals surface area contributed by atoms with Crippen molar-refractivity contribution in [3.05, 3.63) is 35.9 Å². The number of primary amides is 1. The standard InChI is InChI=1S/C18H25N3O2/c1-20-11-5-8-18(15(20)16(19)22)9-12-21(13-10-18)17(23)14-6-3-2-4-7-14/h2-4,6-7,15H,5,8-13H2,1H3,(H2,19,22). The Hall–Kier alpha value is -1.88. The molecule has 5 heteroatoms. The largest absolute Gasteiger partial charge is 0.368 e. The van der Waals surface area contributed by atoms with Gasteiger partial charge >= 0.3 is 0 Å². The topological polar surface area (TPSA) is 66.6 Å². The monoisotopic (exact) mass is 315 g/mol. The van der Waals surface area contributed by atoms with E-state index in [1.165, 1.54) is 0 Å². The number of nitrogens with two attached hydrogens (primary N) is 1. The summed E-state index contributed by atoms with van der Waals surface area (Å²) in [6, 6.07) is 9.19. The third kappa shape index (κ3) is 2.98. The molecule has 2 aliphatic heterocycles. The number of nitrogens with zero attached hydrogens (tertiary/aromatic N) is 2. The average Bonchev–Trinajstić information content (AvgIpc) is 2.55. The Labute approximate surface area is 137 Å². The number of carbonyl (C=O) groups is 2. The lowest BCUT2D eigenvalue weighted by atomic mass is 9.66. The van der Waals surface area contributed by atoms with Gasteiger partial charge in [-0.25, -0.2) is 0 Å². The fraction of sp³-hybridized carbons (Fsp3) is 0.556. The van der Waals surface area contributed by atoms with Crippen LogP contribution in [0.5, 0.6) is 0 Å². The minimum atomic E-state index is -0.227. The third-order valence-electron chi connectivity index (χ3n) is 5.54. The van der Waals surface area contributed by atoms with Crippen LogP contribution in [-0.4, -0.2) is 54.3 Å². The fourth-order valence-electron chi connectivity index (χ4n) is 4.37. The Balaban J connectivity index is 1.72. The van der Waals surface area contributed by atoms with Crippen molar-refractivity contribution in [1.82, 2.24) is 9.80 Å². The van der Waals surface area contributed by atoms with Crippen LogP contribution in [-0.2, 0) is 4.79 Å². The molecular formula is C18H25N3O2. The molecule has 5 nitrogen and oxygen atoms in total. The van der Waals surface area contributed by atoms with E-state index in [2.05, 4.69) is 4.90 Å². The first-order chi connectivity index (χ1) is 11.0. The van der Waals surface area contributed by atoms with Gasteiger partial charge in [-0.1, -0.05) is 18.2 Å². The first-order valence-electron chi connectivity index (χ1n) is 8.37. The van der Waals surface area contributed by atoms with Gasteiger partial charge in [0.1, 0.15) is 0 Å². The molecule has 2 amide bonds. The average molecular weight is 315 g/mol. The Kier molecular flexibility index (Phi) is 4.39.